The maximum absolute atomic E-state index is 13.5. The molecule has 0 aliphatic carbocycles. The van der Waals surface area contributed by atoms with Crippen molar-refractivity contribution in [1.29, 1.82) is 0 Å². The van der Waals surface area contributed by atoms with Crippen LogP contribution in [0.1, 0.15) is 36.0 Å². The molecule has 2 aliphatic heterocycles. The standard InChI is InChI=1S/C28H28ClF3N4O3S/c1-39-12-11-34-9-2-3-22(34)8-10-35-26(37)25(40-27(35)38)14-18-4-7-24-20(13-18)16-33-36(24)17-19-5-6-21(29)15-23(19)28(30,31)32/h4-7,13-16,22H,2-3,8-12,17H2,1H3/b25-14-. The lowest BCUT2D eigenvalue weighted by atomic mass is 10.1. The van der Waals surface area contributed by atoms with Crippen LogP contribution in [0.4, 0.5) is 18.0 Å². The van der Waals surface area contributed by atoms with Gasteiger partial charge >= 0.3 is 6.18 Å². The van der Waals surface area contributed by atoms with Crippen LogP contribution in [0.25, 0.3) is 17.0 Å². The van der Waals surface area contributed by atoms with E-state index in [-0.39, 0.29) is 28.3 Å². The number of likely N-dealkylation sites (tertiary alicyclic amines) is 1. The largest absolute Gasteiger partial charge is 0.416 e. The second kappa shape index (κ2) is 11.9. The first-order valence-electron chi connectivity index (χ1n) is 12.9. The zero-order chi connectivity index (χ0) is 28.4. The number of carbonyl (C=O) groups is 2. The Bertz CT molecular complexity index is 1460. The zero-order valence-corrected chi connectivity index (χ0v) is 23.4. The molecule has 3 heterocycles. The summed E-state index contributed by atoms with van der Waals surface area (Å²) in [5.74, 6) is -0.311. The zero-order valence-electron chi connectivity index (χ0n) is 21.8. The molecular formula is C28H28ClF3N4O3S. The number of thioether (sulfide) groups is 1. The molecule has 2 fully saturated rings. The predicted molar refractivity (Wildman–Crippen MR) is 149 cm³/mol. The Balaban J connectivity index is 1.28. The lowest BCUT2D eigenvalue weighted by Crippen LogP contribution is -2.37. The van der Waals surface area contributed by atoms with Crippen molar-refractivity contribution in [2.45, 2.75) is 38.0 Å². The van der Waals surface area contributed by atoms with Crippen LogP contribution in [-0.2, 0) is 22.3 Å². The monoisotopic (exact) mass is 592 g/mol. The van der Waals surface area contributed by atoms with Crippen molar-refractivity contribution in [3.8, 4) is 0 Å². The van der Waals surface area contributed by atoms with Crippen LogP contribution in [0.3, 0.4) is 0 Å². The van der Waals surface area contributed by atoms with Crippen LogP contribution in [0.5, 0.6) is 0 Å². The molecule has 7 nitrogen and oxygen atoms in total. The van der Waals surface area contributed by atoms with Gasteiger partial charge in [0.2, 0.25) is 0 Å². The van der Waals surface area contributed by atoms with Crippen molar-refractivity contribution in [1.82, 2.24) is 19.6 Å². The summed E-state index contributed by atoms with van der Waals surface area (Å²) >= 11 is 6.72. The number of ether oxygens (including phenoxy) is 1. The number of aromatic nitrogens is 2. The summed E-state index contributed by atoms with van der Waals surface area (Å²) in [6, 6.07) is 9.32. The minimum Gasteiger partial charge on any atom is -0.383 e. The Kier molecular flexibility index (Phi) is 8.55. The SMILES string of the molecule is COCCN1CCCC1CCN1C(=O)S/C(=C\c2ccc3c(cnn3Cc3ccc(Cl)cc3C(F)(F)F)c2)C1=O. The highest BCUT2D eigenvalue weighted by atomic mass is 35.5. The van der Waals surface area contributed by atoms with Gasteiger partial charge in [0.1, 0.15) is 0 Å². The van der Waals surface area contributed by atoms with E-state index in [0.29, 0.717) is 40.6 Å². The van der Waals surface area contributed by atoms with Crippen molar-refractivity contribution in [2.24, 2.45) is 0 Å². The minimum atomic E-state index is -4.54. The average Bonchev–Trinajstić information content (AvgIpc) is 3.60. The van der Waals surface area contributed by atoms with Gasteiger partial charge in [0.05, 0.1) is 35.3 Å². The average molecular weight is 593 g/mol. The number of methoxy groups -OCH3 is 1. The molecular weight excluding hydrogens is 565 g/mol. The number of hydrogen-bond donors (Lipinski definition) is 0. The fourth-order valence-electron chi connectivity index (χ4n) is 5.28. The maximum Gasteiger partial charge on any atom is 0.416 e. The van der Waals surface area contributed by atoms with Gasteiger partial charge in [-0.2, -0.15) is 18.3 Å². The van der Waals surface area contributed by atoms with Gasteiger partial charge in [0, 0.05) is 36.7 Å². The van der Waals surface area contributed by atoms with Gasteiger partial charge < -0.3 is 4.74 Å². The van der Waals surface area contributed by atoms with Crippen LogP contribution in [-0.4, -0.2) is 70.1 Å². The molecule has 0 N–H and O–H groups in total. The van der Waals surface area contributed by atoms with Crippen molar-refractivity contribution in [3.63, 3.8) is 0 Å². The van der Waals surface area contributed by atoms with E-state index in [1.165, 1.54) is 21.7 Å². The highest BCUT2D eigenvalue weighted by Gasteiger charge is 2.36. The smallest absolute Gasteiger partial charge is 0.383 e. The molecule has 1 aromatic heterocycles. The van der Waals surface area contributed by atoms with Crippen LogP contribution < -0.4 is 0 Å². The van der Waals surface area contributed by atoms with Crippen molar-refractivity contribution in [2.75, 3.05) is 33.4 Å². The quantitative estimate of drug-likeness (QED) is 0.272. The molecule has 2 aromatic carbocycles. The summed E-state index contributed by atoms with van der Waals surface area (Å²) in [5.41, 5.74) is 0.593. The molecule has 1 unspecified atom stereocenters. The van der Waals surface area contributed by atoms with E-state index in [9.17, 15) is 22.8 Å². The van der Waals surface area contributed by atoms with Crippen molar-refractivity contribution in [3.05, 3.63) is 69.2 Å². The van der Waals surface area contributed by atoms with E-state index >= 15 is 0 Å². The van der Waals surface area contributed by atoms with E-state index in [2.05, 4.69) is 10.00 Å². The second-order valence-electron chi connectivity index (χ2n) is 9.87. The van der Waals surface area contributed by atoms with Crippen molar-refractivity contribution >= 4 is 51.5 Å². The molecule has 0 radical (unpaired) electrons. The summed E-state index contributed by atoms with van der Waals surface area (Å²) in [4.78, 5) is 29.7. The molecule has 2 aliphatic rings. The van der Waals surface area contributed by atoms with Crippen molar-refractivity contribution < 1.29 is 27.5 Å². The Morgan fingerprint density at radius 2 is 2.00 bits per heavy atom. The number of nitrogens with zero attached hydrogens (tertiary/aromatic N) is 4. The molecule has 40 heavy (non-hydrogen) atoms. The van der Waals surface area contributed by atoms with Gasteiger partial charge in [-0.15, -0.1) is 0 Å². The minimum absolute atomic E-state index is 0.0121. The highest BCUT2D eigenvalue weighted by molar-refractivity contribution is 8.18. The Morgan fingerprint density at radius 3 is 2.77 bits per heavy atom. The van der Waals surface area contributed by atoms with E-state index in [1.807, 2.05) is 0 Å². The predicted octanol–water partition coefficient (Wildman–Crippen LogP) is 6.29. The lowest BCUT2D eigenvalue weighted by Gasteiger charge is -2.25. The molecule has 1 atom stereocenters. The van der Waals surface area contributed by atoms with Gasteiger partial charge in [-0.3, -0.25) is 24.1 Å². The van der Waals surface area contributed by atoms with Gasteiger partial charge in [0.25, 0.3) is 11.1 Å². The maximum atomic E-state index is 13.5. The van der Waals surface area contributed by atoms with Gasteiger partial charge in [-0.25, -0.2) is 0 Å². The van der Waals surface area contributed by atoms with Crippen LogP contribution in [0, 0.1) is 0 Å². The van der Waals surface area contributed by atoms with E-state index in [1.54, 1.807) is 37.6 Å². The molecule has 2 amide bonds. The number of rotatable bonds is 9. The summed E-state index contributed by atoms with van der Waals surface area (Å²) in [5, 5.41) is 4.72. The number of imide groups is 1. The molecule has 0 bridgehead atoms. The molecule has 12 heteroatoms. The number of hydrogen-bond acceptors (Lipinski definition) is 6. The highest BCUT2D eigenvalue weighted by Crippen LogP contribution is 2.35. The third-order valence-electron chi connectivity index (χ3n) is 7.30. The Hall–Kier alpha value is -2.86. The first-order chi connectivity index (χ1) is 19.1. The summed E-state index contributed by atoms with van der Waals surface area (Å²) in [7, 11) is 1.68. The fraction of sp³-hybridized carbons (Fsp3) is 0.393. The number of amides is 2. The van der Waals surface area contributed by atoms with Crippen LogP contribution >= 0.6 is 23.4 Å². The van der Waals surface area contributed by atoms with E-state index < -0.39 is 11.7 Å². The number of fused-ring (bicyclic) bond motifs is 1. The first kappa shape index (κ1) is 28.7. The number of benzene rings is 2. The van der Waals surface area contributed by atoms with Crippen LogP contribution in [0.15, 0.2) is 47.5 Å². The summed E-state index contributed by atoms with van der Waals surface area (Å²) < 4.78 is 47.3. The first-order valence-corrected chi connectivity index (χ1v) is 14.1. The number of carbonyl (C=O) groups excluding carboxylic acids is 2. The molecule has 2 saturated heterocycles. The number of alkyl halides is 3. The van der Waals surface area contributed by atoms with E-state index in [0.717, 1.165) is 50.2 Å². The molecule has 212 valence electrons. The topological polar surface area (TPSA) is 67.7 Å². The Morgan fingerprint density at radius 1 is 1.18 bits per heavy atom. The molecule has 3 aromatic rings. The molecule has 0 spiro atoms. The van der Waals surface area contributed by atoms with Crippen LogP contribution in [0.2, 0.25) is 5.02 Å². The fourth-order valence-corrected chi connectivity index (χ4v) is 6.32. The van der Waals surface area contributed by atoms with Gasteiger partial charge in [-0.1, -0.05) is 23.7 Å². The van der Waals surface area contributed by atoms with E-state index in [4.69, 9.17) is 16.3 Å². The molecule has 0 saturated carbocycles. The third-order valence-corrected chi connectivity index (χ3v) is 8.44. The van der Waals surface area contributed by atoms with Gasteiger partial charge in [0.15, 0.2) is 0 Å². The van der Waals surface area contributed by atoms with Gasteiger partial charge in [-0.05, 0) is 79.0 Å². The lowest BCUT2D eigenvalue weighted by molar-refractivity contribution is -0.138. The summed E-state index contributed by atoms with van der Waals surface area (Å²) in [6.45, 7) is 2.77. The normalized spacial score (nSPS) is 19.6. The number of halogens is 4. The third kappa shape index (κ3) is 6.22. The second-order valence-corrected chi connectivity index (χ2v) is 11.3. The Labute approximate surface area is 238 Å². The molecule has 5 rings (SSSR count). The summed E-state index contributed by atoms with van der Waals surface area (Å²) in [6.07, 6.45) is 1.56.